The van der Waals surface area contributed by atoms with E-state index in [1.807, 2.05) is 17.9 Å². The number of ether oxygens (including phenoxy) is 1. The van der Waals surface area contributed by atoms with Crippen LogP contribution >= 0.6 is 0 Å². The normalized spacial score (nSPS) is 24.2. The summed E-state index contributed by atoms with van der Waals surface area (Å²) in [5, 5.41) is 7.86. The lowest BCUT2D eigenvalue weighted by Gasteiger charge is -2.37. The highest BCUT2D eigenvalue weighted by Crippen LogP contribution is 2.34. The van der Waals surface area contributed by atoms with E-state index in [1.165, 1.54) is 24.8 Å². The molecule has 108 valence electrons. The molecule has 2 rings (SSSR count). The zero-order chi connectivity index (χ0) is 13.7. The van der Waals surface area contributed by atoms with Crippen LogP contribution in [0.2, 0.25) is 0 Å². The quantitative estimate of drug-likeness (QED) is 0.783. The number of hydrogen-bond acceptors (Lipinski definition) is 3. The van der Waals surface area contributed by atoms with Crippen molar-refractivity contribution < 1.29 is 4.74 Å². The van der Waals surface area contributed by atoms with Gasteiger partial charge in [-0.05, 0) is 50.6 Å². The molecule has 0 aromatic carbocycles. The van der Waals surface area contributed by atoms with E-state index in [0.717, 1.165) is 25.5 Å². The van der Waals surface area contributed by atoms with Crippen molar-refractivity contribution in [3.05, 3.63) is 18.0 Å². The number of aryl methyl sites for hydroxylation is 1. The molecular formula is C15H27N3O. The predicted octanol–water partition coefficient (Wildman–Crippen LogP) is 2.15. The van der Waals surface area contributed by atoms with Gasteiger partial charge in [0.25, 0.3) is 0 Å². The zero-order valence-corrected chi connectivity index (χ0v) is 12.4. The molecule has 1 fully saturated rings. The first-order valence-electron chi connectivity index (χ1n) is 7.53. The van der Waals surface area contributed by atoms with Gasteiger partial charge < -0.3 is 10.1 Å². The Morgan fingerprint density at radius 2 is 2.26 bits per heavy atom. The summed E-state index contributed by atoms with van der Waals surface area (Å²) in [5.41, 5.74) is 1.33. The van der Waals surface area contributed by atoms with E-state index in [-0.39, 0.29) is 0 Å². The van der Waals surface area contributed by atoms with Crippen LogP contribution in [0, 0.1) is 5.92 Å². The molecule has 1 aromatic rings. The van der Waals surface area contributed by atoms with Gasteiger partial charge in [-0.2, -0.15) is 5.10 Å². The molecule has 1 aliphatic rings. The molecule has 1 N–H and O–H groups in total. The molecule has 1 aromatic heterocycles. The minimum absolute atomic E-state index is 0.524. The van der Waals surface area contributed by atoms with Gasteiger partial charge in [0, 0.05) is 25.9 Å². The monoisotopic (exact) mass is 265 g/mol. The van der Waals surface area contributed by atoms with Crippen LogP contribution in [0.3, 0.4) is 0 Å². The van der Waals surface area contributed by atoms with Crippen LogP contribution in [0.4, 0.5) is 0 Å². The minimum Gasteiger partial charge on any atom is -0.378 e. The van der Waals surface area contributed by atoms with Crippen molar-refractivity contribution in [1.29, 1.82) is 0 Å². The number of nitrogens with zero attached hydrogens (tertiary/aromatic N) is 2. The molecule has 4 heteroatoms. The SMILES string of the molecule is CCNC(Cc1cnn(C)c1)CC1CC(OCC)C1. The van der Waals surface area contributed by atoms with Crippen LogP contribution in [0.1, 0.15) is 38.7 Å². The Labute approximate surface area is 116 Å². The third kappa shape index (κ3) is 4.32. The Bertz CT molecular complexity index is 371. The van der Waals surface area contributed by atoms with Gasteiger partial charge in [0.15, 0.2) is 0 Å². The van der Waals surface area contributed by atoms with Crippen molar-refractivity contribution in [3.63, 3.8) is 0 Å². The van der Waals surface area contributed by atoms with Crippen molar-refractivity contribution in [3.8, 4) is 0 Å². The van der Waals surface area contributed by atoms with Crippen molar-refractivity contribution in [1.82, 2.24) is 15.1 Å². The summed E-state index contributed by atoms with van der Waals surface area (Å²) in [4.78, 5) is 0. The first-order chi connectivity index (χ1) is 9.21. The molecule has 4 nitrogen and oxygen atoms in total. The number of aromatic nitrogens is 2. The fourth-order valence-electron chi connectivity index (χ4n) is 3.03. The zero-order valence-electron chi connectivity index (χ0n) is 12.4. The van der Waals surface area contributed by atoms with Gasteiger partial charge in [-0.15, -0.1) is 0 Å². The van der Waals surface area contributed by atoms with Crippen LogP contribution in [-0.4, -0.2) is 35.1 Å². The average Bonchev–Trinajstić information content (AvgIpc) is 2.72. The van der Waals surface area contributed by atoms with E-state index in [0.29, 0.717) is 12.1 Å². The molecule has 1 saturated carbocycles. The van der Waals surface area contributed by atoms with Gasteiger partial charge >= 0.3 is 0 Å². The lowest BCUT2D eigenvalue weighted by atomic mass is 9.77. The Balaban J connectivity index is 1.77. The summed E-state index contributed by atoms with van der Waals surface area (Å²) in [6.45, 7) is 6.15. The van der Waals surface area contributed by atoms with Gasteiger partial charge in [0.05, 0.1) is 12.3 Å². The lowest BCUT2D eigenvalue weighted by Crippen LogP contribution is -2.39. The molecule has 1 heterocycles. The standard InChI is InChI=1S/C15H27N3O/c1-4-16-14(7-13-10-17-18(3)11-13)6-12-8-15(9-12)19-5-2/h10-12,14-16H,4-9H2,1-3H3. The first-order valence-corrected chi connectivity index (χ1v) is 7.53. The Morgan fingerprint density at radius 1 is 1.47 bits per heavy atom. The maximum Gasteiger partial charge on any atom is 0.0580 e. The van der Waals surface area contributed by atoms with Gasteiger partial charge in [0.2, 0.25) is 0 Å². The van der Waals surface area contributed by atoms with Gasteiger partial charge in [-0.1, -0.05) is 6.92 Å². The molecule has 0 spiro atoms. The van der Waals surface area contributed by atoms with Gasteiger partial charge in [-0.25, -0.2) is 0 Å². The molecule has 1 atom stereocenters. The fraction of sp³-hybridized carbons (Fsp3) is 0.800. The maximum absolute atomic E-state index is 5.64. The highest BCUT2D eigenvalue weighted by atomic mass is 16.5. The summed E-state index contributed by atoms with van der Waals surface area (Å²) < 4.78 is 7.52. The van der Waals surface area contributed by atoms with E-state index in [9.17, 15) is 0 Å². The van der Waals surface area contributed by atoms with Crippen molar-refractivity contribution in [2.75, 3.05) is 13.2 Å². The summed E-state index contributed by atoms with van der Waals surface area (Å²) >= 11 is 0. The van der Waals surface area contributed by atoms with E-state index in [1.54, 1.807) is 0 Å². The third-order valence-electron chi connectivity index (χ3n) is 3.95. The van der Waals surface area contributed by atoms with Crippen LogP contribution in [-0.2, 0) is 18.2 Å². The topological polar surface area (TPSA) is 39.1 Å². The third-order valence-corrected chi connectivity index (χ3v) is 3.95. The smallest absolute Gasteiger partial charge is 0.0580 e. The first kappa shape index (κ1) is 14.5. The lowest BCUT2D eigenvalue weighted by molar-refractivity contribution is -0.0289. The van der Waals surface area contributed by atoms with Crippen LogP contribution in [0.5, 0.6) is 0 Å². The van der Waals surface area contributed by atoms with E-state index >= 15 is 0 Å². The minimum atomic E-state index is 0.524. The summed E-state index contributed by atoms with van der Waals surface area (Å²) in [5.74, 6) is 0.831. The molecule has 0 aliphatic heterocycles. The molecule has 1 aliphatic carbocycles. The van der Waals surface area contributed by atoms with Crippen LogP contribution < -0.4 is 5.32 Å². The Morgan fingerprint density at radius 3 is 2.84 bits per heavy atom. The summed E-state index contributed by atoms with van der Waals surface area (Å²) in [6, 6.07) is 0.571. The molecular weight excluding hydrogens is 238 g/mol. The second kappa shape index (κ2) is 7.06. The second-order valence-corrected chi connectivity index (χ2v) is 5.63. The summed E-state index contributed by atoms with van der Waals surface area (Å²) in [7, 11) is 1.98. The van der Waals surface area contributed by atoms with Crippen LogP contribution in [0.25, 0.3) is 0 Å². The van der Waals surface area contributed by atoms with Crippen molar-refractivity contribution >= 4 is 0 Å². The highest BCUT2D eigenvalue weighted by Gasteiger charge is 2.31. The highest BCUT2D eigenvalue weighted by molar-refractivity contribution is 5.06. The average molecular weight is 265 g/mol. The fourth-order valence-corrected chi connectivity index (χ4v) is 3.03. The molecule has 0 radical (unpaired) electrons. The van der Waals surface area contributed by atoms with Gasteiger partial charge in [-0.3, -0.25) is 4.68 Å². The number of likely N-dealkylation sites (N-methyl/N-ethyl adjacent to an activating group) is 1. The molecule has 1 unspecified atom stereocenters. The van der Waals surface area contributed by atoms with E-state index < -0.39 is 0 Å². The second-order valence-electron chi connectivity index (χ2n) is 5.63. The molecule has 0 saturated heterocycles. The largest absolute Gasteiger partial charge is 0.378 e. The van der Waals surface area contributed by atoms with Crippen molar-refractivity contribution in [2.24, 2.45) is 13.0 Å². The Hall–Kier alpha value is -0.870. The summed E-state index contributed by atoms with van der Waals surface area (Å²) in [6.07, 6.45) is 9.44. The predicted molar refractivity (Wildman–Crippen MR) is 77.1 cm³/mol. The van der Waals surface area contributed by atoms with E-state index in [4.69, 9.17) is 4.74 Å². The molecule has 0 amide bonds. The van der Waals surface area contributed by atoms with Crippen molar-refractivity contribution in [2.45, 2.75) is 51.7 Å². The number of hydrogen-bond donors (Lipinski definition) is 1. The Kier molecular flexibility index (Phi) is 5.40. The molecule has 0 bridgehead atoms. The maximum atomic E-state index is 5.64. The molecule has 19 heavy (non-hydrogen) atoms. The van der Waals surface area contributed by atoms with Gasteiger partial charge in [0.1, 0.15) is 0 Å². The van der Waals surface area contributed by atoms with Crippen LogP contribution in [0.15, 0.2) is 12.4 Å². The van der Waals surface area contributed by atoms with E-state index in [2.05, 4.69) is 30.5 Å². The number of nitrogens with one attached hydrogen (secondary N) is 1. The number of rotatable bonds is 8.